The minimum absolute atomic E-state index is 0.0217. The van der Waals surface area contributed by atoms with Crippen LogP contribution < -0.4 is 0 Å². The van der Waals surface area contributed by atoms with Crippen molar-refractivity contribution in [2.45, 2.75) is 40.7 Å². The van der Waals surface area contributed by atoms with Gasteiger partial charge in [0.05, 0.1) is 6.10 Å². The van der Waals surface area contributed by atoms with Crippen LogP contribution in [0.2, 0.25) is 0 Å². The first kappa shape index (κ1) is 11.6. The lowest BCUT2D eigenvalue weighted by atomic mass is 9.87. The van der Waals surface area contributed by atoms with Gasteiger partial charge in [0.2, 0.25) is 0 Å². The maximum Gasteiger partial charge on any atom is 0.140 e. The van der Waals surface area contributed by atoms with Gasteiger partial charge in [0.25, 0.3) is 0 Å². The van der Waals surface area contributed by atoms with Crippen LogP contribution in [0, 0.1) is 17.8 Å². The van der Waals surface area contributed by atoms with Crippen LogP contribution in [0.1, 0.15) is 34.6 Å². The van der Waals surface area contributed by atoms with E-state index in [0.29, 0.717) is 0 Å². The van der Waals surface area contributed by atoms with E-state index in [9.17, 15) is 9.90 Å². The van der Waals surface area contributed by atoms with Crippen molar-refractivity contribution in [3.05, 3.63) is 0 Å². The minimum Gasteiger partial charge on any atom is -0.392 e. The molecule has 0 radical (unpaired) electrons. The average Bonchev–Trinajstić information content (AvgIpc) is 2.00. The van der Waals surface area contributed by atoms with Gasteiger partial charge in [-0.25, -0.2) is 0 Å². The topological polar surface area (TPSA) is 37.3 Å². The highest BCUT2D eigenvalue weighted by Gasteiger charge is 2.25. The molecule has 0 fully saturated rings. The number of Topliss-reactive ketones (excluding diaryl/α,β-unsaturated/α-hetero) is 1. The van der Waals surface area contributed by atoms with Gasteiger partial charge >= 0.3 is 0 Å². The van der Waals surface area contributed by atoms with E-state index in [1.807, 2.05) is 27.7 Å². The Morgan fingerprint density at radius 2 is 1.50 bits per heavy atom. The molecule has 0 saturated carbocycles. The molecule has 0 aliphatic carbocycles. The summed E-state index contributed by atoms with van der Waals surface area (Å²) in [6, 6.07) is 0. The summed E-state index contributed by atoms with van der Waals surface area (Å²) in [5.74, 6) is 0.0947. The molecule has 0 aromatic rings. The molecule has 72 valence electrons. The van der Waals surface area contributed by atoms with Crippen molar-refractivity contribution in [2.24, 2.45) is 17.8 Å². The fraction of sp³-hybridized carbons (Fsp3) is 0.900. The van der Waals surface area contributed by atoms with E-state index in [4.69, 9.17) is 0 Å². The van der Waals surface area contributed by atoms with Crippen molar-refractivity contribution in [3.63, 3.8) is 0 Å². The monoisotopic (exact) mass is 172 g/mol. The third-order valence-corrected chi connectivity index (χ3v) is 2.21. The number of carbonyl (C=O) groups excluding carboxylic acids is 1. The molecule has 0 amide bonds. The Balaban J connectivity index is 4.19. The molecule has 2 atom stereocenters. The lowest BCUT2D eigenvalue weighted by Gasteiger charge is -2.22. The van der Waals surface area contributed by atoms with Crippen molar-refractivity contribution in [1.82, 2.24) is 0 Å². The zero-order chi connectivity index (χ0) is 9.89. The Hall–Kier alpha value is -0.370. The second-order valence-electron chi connectivity index (χ2n) is 4.08. The fourth-order valence-corrected chi connectivity index (χ4v) is 1.27. The minimum atomic E-state index is -0.500. The van der Waals surface area contributed by atoms with E-state index in [1.165, 1.54) is 0 Å². The predicted octanol–water partition coefficient (Wildman–Crippen LogP) is 1.86. The number of aliphatic hydroxyl groups excluding tert-OH is 1. The molecule has 0 heterocycles. The quantitative estimate of drug-likeness (QED) is 0.703. The molecule has 0 bridgehead atoms. The van der Waals surface area contributed by atoms with Crippen molar-refractivity contribution in [1.29, 1.82) is 0 Å². The summed E-state index contributed by atoms with van der Waals surface area (Å²) in [4.78, 5) is 11.4. The SMILES string of the molecule is CC(C)C(=O)C(C)C(O)C(C)C. The van der Waals surface area contributed by atoms with Gasteiger partial charge < -0.3 is 5.11 Å². The van der Waals surface area contributed by atoms with Crippen LogP contribution >= 0.6 is 0 Å². The first-order chi connectivity index (χ1) is 5.37. The normalized spacial score (nSPS) is 16.7. The highest BCUT2D eigenvalue weighted by atomic mass is 16.3. The van der Waals surface area contributed by atoms with Crippen LogP contribution in [0.25, 0.3) is 0 Å². The molecule has 0 spiro atoms. The number of hydrogen-bond acceptors (Lipinski definition) is 2. The first-order valence-electron chi connectivity index (χ1n) is 4.59. The second kappa shape index (κ2) is 4.61. The predicted molar refractivity (Wildman–Crippen MR) is 49.9 cm³/mol. The molecule has 2 unspecified atom stereocenters. The van der Waals surface area contributed by atoms with Gasteiger partial charge in [0.1, 0.15) is 5.78 Å². The number of rotatable bonds is 4. The summed E-state index contributed by atoms with van der Waals surface area (Å²) >= 11 is 0. The van der Waals surface area contributed by atoms with Crippen LogP contribution in [0.3, 0.4) is 0 Å². The van der Waals surface area contributed by atoms with Crippen LogP contribution in [-0.2, 0) is 4.79 Å². The van der Waals surface area contributed by atoms with Crippen molar-refractivity contribution < 1.29 is 9.90 Å². The average molecular weight is 172 g/mol. The van der Waals surface area contributed by atoms with Gasteiger partial charge in [-0.2, -0.15) is 0 Å². The number of aliphatic hydroxyl groups is 1. The van der Waals surface area contributed by atoms with Crippen LogP contribution in [-0.4, -0.2) is 17.0 Å². The van der Waals surface area contributed by atoms with Gasteiger partial charge in [-0.15, -0.1) is 0 Å². The standard InChI is InChI=1S/C10H20O2/c1-6(2)9(11)8(5)10(12)7(3)4/h6-9,11H,1-5H3. The van der Waals surface area contributed by atoms with Gasteiger partial charge in [-0.1, -0.05) is 34.6 Å². The molecule has 0 aliphatic rings. The molecule has 0 aromatic heterocycles. The van der Waals surface area contributed by atoms with E-state index in [-0.39, 0.29) is 23.5 Å². The summed E-state index contributed by atoms with van der Waals surface area (Å²) in [6.07, 6.45) is -0.500. The molecule has 0 aliphatic heterocycles. The molecule has 0 saturated heterocycles. The number of carbonyl (C=O) groups is 1. The van der Waals surface area contributed by atoms with Gasteiger partial charge in [-0.05, 0) is 5.92 Å². The van der Waals surface area contributed by atoms with Crippen molar-refractivity contribution >= 4 is 5.78 Å². The van der Waals surface area contributed by atoms with Crippen LogP contribution in [0.5, 0.6) is 0 Å². The van der Waals surface area contributed by atoms with E-state index in [0.717, 1.165) is 0 Å². The van der Waals surface area contributed by atoms with Crippen molar-refractivity contribution in [2.75, 3.05) is 0 Å². The molecular weight excluding hydrogens is 152 g/mol. The highest BCUT2D eigenvalue weighted by molar-refractivity contribution is 5.82. The molecular formula is C10H20O2. The summed E-state index contributed by atoms with van der Waals surface area (Å²) in [5, 5.41) is 9.59. The lowest BCUT2D eigenvalue weighted by Crippen LogP contribution is -2.32. The summed E-state index contributed by atoms with van der Waals surface area (Å²) < 4.78 is 0. The number of ketones is 1. The third kappa shape index (κ3) is 2.94. The maximum atomic E-state index is 11.4. The Labute approximate surface area is 75.0 Å². The summed E-state index contributed by atoms with van der Waals surface area (Å²) in [6.45, 7) is 9.38. The Kier molecular flexibility index (Phi) is 4.46. The summed E-state index contributed by atoms with van der Waals surface area (Å²) in [5.41, 5.74) is 0. The zero-order valence-corrected chi connectivity index (χ0v) is 8.66. The second-order valence-corrected chi connectivity index (χ2v) is 4.08. The molecule has 1 N–H and O–H groups in total. The fourth-order valence-electron chi connectivity index (χ4n) is 1.27. The highest BCUT2D eigenvalue weighted by Crippen LogP contribution is 2.16. The van der Waals surface area contributed by atoms with Gasteiger partial charge in [-0.3, -0.25) is 4.79 Å². The van der Waals surface area contributed by atoms with Gasteiger partial charge in [0.15, 0.2) is 0 Å². The Morgan fingerprint density at radius 1 is 1.08 bits per heavy atom. The van der Waals surface area contributed by atoms with Gasteiger partial charge in [0, 0.05) is 11.8 Å². The molecule has 0 aromatic carbocycles. The lowest BCUT2D eigenvalue weighted by molar-refractivity contribution is -0.129. The molecule has 0 rings (SSSR count). The maximum absolute atomic E-state index is 11.4. The van der Waals surface area contributed by atoms with E-state index in [1.54, 1.807) is 6.92 Å². The molecule has 12 heavy (non-hydrogen) atoms. The largest absolute Gasteiger partial charge is 0.392 e. The van der Waals surface area contributed by atoms with E-state index >= 15 is 0 Å². The molecule has 2 nitrogen and oxygen atoms in total. The van der Waals surface area contributed by atoms with E-state index in [2.05, 4.69) is 0 Å². The molecule has 2 heteroatoms. The number of hydrogen-bond donors (Lipinski definition) is 1. The summed E-state index contributed by atoms with van der Waals surface area (Å²) in [7, 11) is 0. The first-order valence-corrected chi connectivity index (χ1v) is 4.59. The van der Waals surface area contributed by atoms with Crippen molar-refractivity contribution in [3.8, 4) is 0 Å². The van der Waals surface area contributed by atoms with E-state index < -0.39 is 6.10 Å². The smallest absolute Gasteiger partial charge is 0.140 e. The third-order valence-electron chi connectivity index (χ3n) is 2.21. The Bertz CT molecular complexity index is 150. The van der Waals surface area contributed by atoms with Crippen LogP contribution in [0.4, 0.5) is 0 Å². The zero-order valence-electron chi connectivity index (χ0n) is 8.66. The Morgan fingerprint density at radius 3 is 1.75 bits per heavy atom. The van der Waals surface area contributed by atoms with Crippen LogP contribution in [0.15, 0.2) is 0 Å².